The molecule has 2 aromatic rings. The zero-order chi connectivity index (χ0) is 18.5. The number of hydrogen-bond acceptors (Lipinski definition) is 3. The van der Waals surface area contributed by atoms with E-state index in [0.717, 1.165) is 22.5 Å². The number of fused-ring (bicyclic) bond motifs is 2. The van der Waals surface area contributed by atoms with Crippen molar-refractivity contribution in [3.63, 3.8) is 0 Å². The molecule has 0 aromatic heterocycles. The van der Waals surface area contributed by atoms with E-state index in [-0.39, 0.29) is 17.5 Å². The molecule has 4 nitrogen and oxygen atoms in total. The van der Waals surface area contributed by atoms with Gasteiger partial charge in [0.1, 0.15) is 17.0 Å². The second-order valence-electron chi connectivity index (χ2n) is 6.86. The van der Waals surface area contributed by atoms with Gasteiger partial charge in [-0.25, -0.2) is 4.39 Å². The van der Waals surface area contributed by atoms with Crippen LogP contribution in [-0.2, 0) is 15.0 Å². The van der Waals surface area contributed by atoms with Crippen LogP contribution >= 0.6 is 0 Å². The number of benzene rings is 2. The Morgan fingerprint density at radius 2 is 1.88 bits per heavy atom. The highest BCUT2D eigenvalue weighted by atomic mass is 19.1. The molecule has 2 aliphatic heterocycles. The summed E-state index contributed by atoms with van der Waals surface area (Å²) in [7, 11) is 1.74. The fraction of sp³-hybridized carbons (Fsp3) is 0.238. The monoisotopic (exact) mass is 350 g/mol. The van der Waals surface area contributed by atoms with Crippen molar-refractivity contribution in [3.8, 4) is 0 Å². The largest absolute Gasteiger partial charge is 0.384 e. The molecule has 26 heavy (non-hydrogen) atoms. The van der Waals surface area contributed by atoms with Crippen LogP contribution in [0, 0.1) is 11.7 Å². The molecular weight excluding hydrogens is 331 g/mol. The van der Waals surface area contributed by atoms with Gasteiger partial charge in [0.25, 0.3) is 0 Å². The van der Waals surface area contributed by atoms with Crippen LogP contribution in [0.1, 0.15) is 18.1 Å². The number of carbonyl (C=O) groups excluding carboxylic acids is 2. The predicted molar refractivity (Wildman–Crippen MR) is 98.1 cm³/mol. The summed E-state index contributed by atoms with van der Waals surface area (Å²) in [6.45, 7) is 1.88. The number of likely N-dealkylation sites (N-methyl/N-ethyl adjacent to an activating group) is 1. The van der Waals surface area contributed by atoms with Crippen molar-refractivity contribution in [1.82, 2.24) is 5.32 Å². The van der Waals surface area contributed by atoms with E-state index < -0.39 is 11.3 Å². The van der Waals surface area contributed by atoms with Crippen LogP contribution in [0.2, 0.25) is 0 Å². The molecule has 0 aliphatic carbocycles. The van der Waals surface area contributed by atoms with Crippen LogP contribution in [-0.4, -0.2) is 25.3 Å². The van der Waals surface area contributed by atoms with E-state index in [1.807, 2.05) is 30.3 Å². The summed E-state index contributed by atoms with van der Waals surface area (Å²) in [6.07, 6.45) is 1.85. The maximum absolute atomic E-state index is 13.3. The molecule has 2 aromatic carbocycles. The lowest BCUT2D eigenvalue weighted by molar-refractivity contribution is -0.130. The Balaban J connectivity index is 1.95. The van der Waals surface area contributed by atoms with Gasteiger partial charge in [-0.3, -0.25) is 9.59 Å². The van der Waals surface area contributed by atoms with Crippen molar-refractivity contribution in [3.05, 3.63) is 71.6 Å². The first-order valence-electron chi connectivity index (χ1n) is 8.56. The predicted octanol–water partition coefficient (Wildman–Crippen LogP) is 2.89. The van der Waals surface area contributed by atoms with Gasteiger partial charge < -0.3 is 10.2 Å². The Morgan fingerprint density at radius 3 is 2.58 bits per heavy atom. The van der Waals surface area contributed by atoms with Gasteiger partial charge in [0, 0.05) is 25.0 Å². The molecule has 4 rings (SSSR count). The summed E-state index contributed by atoms with van der Waals surface area (Å²) >= 11 is 0. The maximum atomic E-state index is 13.3. The third-order valence-corrected chi connectivity index (χ3v) is 5.43. The number of halogens is 1. The van der Waals surface area contributed by atoms with Crippen molar-refractivity contribution in [2.45, 2.75) is 12.3 Å². The van der Waals surface area contributed by atoms with Crippen LogP contribution in [0.25, 0.3) is 5.70 Å². The van der Waals surface area contributed by atoms with E-state index in [0.29, 0.717) is 6.54 Å². The summed E-state index contributed by atoms with van der Waals surface area (Å²) in [5.41, 5.74) is 2.15. The van der Waals surface area contributed by atoms with E-state index >= 15 is 0 Å². The SMILES string of the molecule is CC(=O)[C@@H]1CNC(c2ccc(F)cc2)=C[C@]12C(=O)N(C)c1ccccc12. The van der Waals surface area contributed by atoms with E-state index in [2.05, 4.69) is 5.32 Å². The molecule has 0 saturated heterocycles. The van der Waals surface area contributed by atoms with Crippen LogP contribution in [0.3, 0.4) is 0 Å². The Morgan fingerprint density at radius 1 is 1.19 bits per heavy atom. The number of nitrogens with zero attached hydrogens (tertiary/aromatic N) is 1. The fourth-order valence-electron chi connectivity index (χ4n) is 4.13. The number of ketones is 1. The number of para-hydroxylation sites is 1. The number of anilines is 1. The summed E-state index contributed by atoms with van der Waals surface area (Å²) in [4.78, 5) is 27.4. The highest BCUT2D eigenvalue weighted by Crippen LogP contribution is 2.49. The minimum atomic E-state index is -1.04. The Kier molecular flexibility index (Phi) is 3.68. The number of rotatable bonds is 2. The zero-order valence-corrected chi connectivity index (χ0v) is 14.6. The highest BCUT2D eigenvalue weighted by molar-refractivity contribution is 6.13. The van der Waals surface area contributed by atoms with E-state index in [4.69, 9.17) is 0 Å². The quantitative estimate of drug-likeness (QED) is 0.906. The van der Waals surface area contributed by atoms with Gasteiger partial charge in [-0.1, -0.05) is 30.3 Å². The van der Waals surface area contributed by atoms with Crippen molar-refractivity contribution in [2.75, 3.05) is 18.5 Å². The number of nitrogens with one attached hydrogen (secondary N) is 1. The first-order valence-corrected chi connectivity index (χ1v) is 8.56. The third kappa shape index (κ3) is 2.20. The highest BCUT2D eigenvalue weighted by Gasteiger charge is 2.56. The third-order valence-electron chi connectivity index (χ3n) is 5.43. The minimum Gasteiger partial charge on any atom is -0.384 e. The lowest BCUT2D eigenvalue weighted by Gasteiger charge is -2.38. The average Bonchev–Trinajstić information content (AvgIpc) is 2.85. The lowest BCUT2D eigenvalue weighted by atomic mass is 9.67. The summed E-state index contributed by atoms with van der Waals surface area (Å²) < 4.78 is 13.3. The summed E-state index contributed by atoms with van der Waals surface area (Å²) in [6, 6.07) is 13.7. The molecule has 0 fully saturated rings. The van der Waals surface area contributed by atoms with Crippen LogP contribution in [0.4, 0.5) is 10.1 Å². The molecule has 5 heteroatoms. The molecule has 132 valence electrons. The molecule has 0 unspecified atom stereocenters. The number of hydrogen-bond donors (Lipinski definition) is 1. The van der Waals surface area contributed by atoms with Crippen LogP contribution < -0.4 is 10.2 Å². The Labute approximate surface area is 151 Å². The van der Waals surface area contributed by atoms with Gasteiger partial charge in [0.05, 0.1) is 5.92 Å². The molecule has 2 aliphatic rings. The fourth-order valence-corrected chi connectivity index (χ4v) is 4.13. The summed E-state index contributed by atoms with van der Waals surface area (Å²) in [5, 5.41) is 3.25. The van der Waals surface area contributed by atoms with Gasteiger partial charge in [0.15, 0.2) is 0 Å². The standard InChI is InChI=1S/C21H19FN2O2/c1-13(25)17-12-23-18(14-7-9-15(22)10-8-14)11-21(17)16-5-3-4-6-19(16)24(2)20(21)26/h3-11,17,23H,12H2,1-2H3/t17-,21+/m0/s1. The molecule has 2 atom stereocenters. The van der Waals surface area contributed by atoms with Crippen molar-refractivity contribution < 1.29 is 14.0 Å². The molecule has 0 saturated carbocycles. The van der Waals surface area contributed by atoms with Gasteiger partial charge in [-0.2, -0.15) is 0 Å². The van der Waals surface area contributed by atoms with Crippen molar-refractivity contribution in [1.29, 1.82) is 0 Å². The average molecular weight is 350 g/mol. The molecule has 1 spiro atoms. The van der Waals surface area contributed by atoms with Gasteiger partial charge in [-0.15, -0.1) is 0 Å². The van der Waals surface area contributed by atoms with Gasteiger partial charge in [-0.05, 0) is 42.3 Å². The molecule has 1 N–H and O–H groups in total. The van der Waals surface area contributed by atoms with Gasteiger partial charge >= 0.3 is 0 Å². The smallest absolute Gasteiger partial charge is 0.242 e. The summed E-state index contributed by atoms with van der Waals surface area (Å²) in [5.74, 6) is -0.959. The van der Waals surface area contributed by atoms with Crippen LogP contribution in [0.5, 0.6) is 0 Å². The normalized spacial score (nSPS) is 24.3. The Hall–Kier alpha value is -2.95. The van der Waals surface area contributed by atoms with E-state index in [1.165, 1.54) is 19.1 Å². The molecule has 1 amide bonds. The van der Waals surface area contributed by atoms with Gasteiger partial charge in [0.2, 0.25) is 5.91 Å². The molecule has 0 radical (unpaired) electrons. The molecule has 2 heterocycles. The first-order chi connectivity index (χ1) is 12.4. The zero-order valence-electron chi connectivity index (χ0n) is 14.6. The second kappa shape index (κ2) is 5.80. The van der Waals surface area contributed by atoms with Crippen molar-refractivity contribution in [2.24, 2.45) is 5.92 Å². The minimum absolute atomic E-state index is 0.0367. The van der Waals surface area contributed by atoms with Crippen LogP contribution in [0.15, 0.2) is 54.6 Å². The molecule has 0 bridgehead atoms. The second-order valence-corrected chi connectivity index (χ2v) is 6.86. The van der Waals surface area contributed by atoms with E-state index in [1.54, 1.807) is 24.1 Å². The molecular formula is C21H19FN2O2. The van der Waals surface area contributed by atoms with Crippen molar-refractivity contribution >= 4 is 23.1 Å². The number of carbonyl (C=O) groups is 2. The first kappa shape index (κ1) is 16.5. The number of Topliss-reactive ketones (excluding diaryl/α,β-unsaturated/α-hetero) is 1. The topological polar surface area (TPSA) is 49.4 Å². The van der Waals surface area contributed by atoms with E-state index in [9.17, 15) is 14.0 Å². The number of amides is 1. The lowest BCUT2D eigenvalue weighted by Crippen LogP contribution is -2.52. The maximum Gasteiger partial charge on any atom is 0.242 e. The Bertz CT molecular complexity index is 935.